The normalized spacial score (nSPS) is 14.2. The lowest BCUT2D eigenvalue weighted by Crippen LogP contribution is -2.20. The number of rotatable bonds is 8. The molecule has 182 valence electrons. The Hall–Kier alpha value is -3.15. The maximum Gasteiger partial charge on any atom is 0.162 e. The van der Waals surface area contributed by atoms with Gasteiger partial charge in [0.1, 0.15) is 0 Å². The molecule has 2 aromatic heterocycles. The molecule has 5 heteroatoms. The van der Waals surface area contributed by atoms with Crippen LogP contribution in [0.15, 0.2) is 84.1 Å². The van der Waals surface area contributed by atoms with Crippen LogP contribution >= 0.6 is 11.8 Å². The van der Waals surface area contributed by atoms with Crippen molar-refractivity contribution in [2.24, 2.45) is 0 Å². The average Bonchev–Trinajstić information content (AvgIpc) is 3.59. The number of thioether (sulfide) groups is 1. The summed E-state index contributed by atoms with van der Waals surface area (Å²) in [5.41, 5.74) is 6.80. The quantitative estimate of drug-likeness (QED) is 0.212. The fourth-order valence-electron chi connectivity index (χ4n) is 5.38. The minimum Gasteiger partial charge on any atom is -0.303 e. The van der Waals surface area contributed by atoms with Gasteiger partial charge >= 0.3 is 0 Å². The predicted octanol–water partition coefficient (Wildman–Crippen LogP) is 7.36. The van der Waals surface area contributed by atoms with Gasteiger partial charge in [0.15, 0.2) is 5.65 Å². The Balaban J connectivity index is 1.24. The van der Waals surface area contributed by atoms with Gasteiger partial charge in [-0.2, -0.15) is 5.10 Å². The van der Waals surface area contributed by atoms with Gasteiger partial charge in [-0.05, 0) is 84.6 Å². The number of nitrogens with zero attached hydrogens (tertiary/aromatic N) is 4. The molecule has 4 nitrogen and oxygen atoms in total. The van der Waals surface area contributed by atoms with Gasteiger partial charge in [0.25, 0.3) is 0 Å². The molecule has 0 atom stereocenters. The number of aromatic nitrogens is 3. The molecule has 0 unspecified atom stereocenters. The van der Waals surface area contributed by atoms with Gasteiger partial charge in [0, 0.05) is 28.4 Å². The molecule has 3 heterocycles. The standard InChI is InChI=1S/C31H32N4S/c1-2-36-30-16-15-27(26-9-3-4-10-28(26)30)29-21-33-35-22-25(20-32-31(29)35)24-13-11-23(12-14-24)8-7-19-34-17-5-6-18-34/h3-4,9-16,20-22H,2,5-8,17-19H2,1H3. The minimum atomic E-state index is 0.887. The lowest BCUT2D eigenvalue weighted by atomic mass is 10.00. The second-order valence-corrected chi connectivity index (χ2v) is 10.9. The molecular weight excluding hydrogens is 460 g/mol. The summed E-state index contributed by atoms with van der Waals surface area (Å²) in [6.45, 7) is 5.98. The lowest BCUT2D eigenvalue weighted by Gasteiger charge is -2.14. The molecule has 1 saturated heterocycles. The maximum absolute atomic E-state index is 4.87. The summed E-state index contributed by atoms with van der Waals surface area (Å²) in [5.74, 6) is 1.06. The van der Waals surface area contributed by atoms with Crippen LogP contribution in [0.1, 0.15) is 31.7 Å². The largest absolute Gasteiger partial charge is 0.303 e. The van der Waals surface area contributed by atoms with Gasteiger partial charge in [-0.1, -0.05) is 61.5 Å². The van der Waals surface area contributed by atoms with Crippen molar-refractivity contribution in [3.05, 3.63) is 84.8 Å². The van der Waals surface area contributed by atoms with Crippen molar-refractivity contribution in [1.29, 1.82) is 0 Å². The minimum absolute atomic E-state index is 0.887. The van der Waals surface area contributed by atoms with Crippen LogP contribution in [-0.4, -0.2) is 44.9 Å². The maximum atomic E-state index is 4.87. The van der Waals surface area contributed by atoms with Crippen molar-refractivity contribution < 1.29 is 0 Å². The zero-order valence-corrected chi connectivity index (χ0v) is 21.7. The van der Waals surface area contributed by atoms with Crippen LogP contribution in [0, 0.1) is 0 Å². The van der Waals surface area contributed by atoms with Crippen molar-refractivity contribution in [3.8, 4) is 22.3 Å². The van der Waals surface area contributed by atoms with E-state index in [1.807, 2.05) is 28.7 Å². The van der Waals surface area contributed by atoms with Crippen LogP contribution in [-0.2, 0) is 6.42 Å². The Morgan fingerprint density at radius 3 is 2.44 bits per heavy atom. The molecule has 0 bridgehead atoms. The van der Waals surface area contributed by atoms with E-state index in [0.29, 0.717) is 0 Å². The Kier molecular flexibility index (Phi) is 6.75. The van der Waals surface area contributed by atoms with Gasteiger partial charge in [-0.15, -0.1) is 11.8 Å². The third kappa shape index (κ3) is 4.65. The van der Waals surface area contributed by atoms with Gasteiger partial charge in [0.05, 0.1) is 6.20 Å². The molecule has 0 radical (unpaired) electrons. The van der Waals surface area contributed by atoms with Crippen LogP contribution in [0.3, 0.4) is 0 Å². The first kappa shape index (κ1) is 23.3. The van der Waals surface area contributed by atoms with Crippen LogP contribution in [0.25, 0.3) is 38.7 Å². The summed E-state index contributed by atoms with van der Waals surface area (Å²) in [4.78, 5) is 8.78. The zero-order chi connectivity index (χ0) is 24.3. The molecule has 6 rings (SSSR count). The number of fused-ring (bicyclic) bond motifs is 2. The molecule has 0 amide bonds. The predicted molar refractivity (Wildman–Crippen MR) is 152 cm³/mol. The highest BCUT2D eigenvalue weighted by atomic mass is 32.2. The summed E-state index contributed by atoms with van der Waals surface area (Å²) >= 11 is 1.89. The van der Waals surface area contributed by atoms with E-state index in [1.165, 1.54) is 71.3 Å². The van der Waals surface area contributed by atoms with Crippen molar-refractivity contribution in [1.82, 2.24) is 19.5 Å². The van der Waals surface area contributed by atoms with Gasteiger partial charge < -0.3 is 4.90 Å². The first-order valence-corrected chi connectivity index (χ1v) is 14.1. The summed E-state index contributed by atoms with van der Waals surface area (Å²) in [6, 6.07) is 22.1. The molecule has 0 N–H and O–H groups in total. The number of likely N-dealkylation sites (tertiary alicyclic amines) is 1. The number of aryl methyl sites for hydroxylation is 1. The fraction of sp³-hybridized carbons (Fsp3) is 0.290. The van der Waals surface area contributed by atoms with E-state index in [2.05, 4.69) is 83.8 Å². The third-order valence-corrected chi connectivity index (χ3v) is 8.21. The van der Waals surface area contributed by atoms with E-state index in [1.54, 1.807) is 0 Å². The average molecular weight is 493 g/mol. The summed E-state index contributed by atoms with van der Waals surface area (Å²) in [5, 5.41) is 7.22. The van der Waals surface area contributed by atoms with E-state index in [4.69, 9.17) is 4.98 Å². The molecule has 0 saturated carbocycles. The van der Waals surface area contributed by atoms with E-state index >= 15 is 0 Å². The molecule has 0 spiro atoms. The van der Waals surface area contributed by atoms with E-state index < -0.39 is 0 Å². The Bertz CT molecular complexity index is 1480. The first-order chi connectivity index (χ1) is 17.8. The molecule has 0 aliphatic carbocycles. The third-order valence-electron chi connectivity index (χ3n) is 7.26. The first-order valence-electron chi connectivity index (χ1n) is 13.1. The number of hydrogen-bond acceptors (Lipinski definition) is 4. The Morgan fingerprint density at radius 2 is 1.64 bits per heavy atom. The zero-order valence-electron chi connectivity index (χ0n) is 20.9. The van der Waals surface area contributed by atoms with E-state index in [9.17, 15) is 0 Å². The topological polar surface area (TPSA) is 33.4 Å². The number of hydrogen-bond donors (Lipinski definition) is 0. The SMILES string of the molecule is CCSc1ccc(-c2cnn3cc(-c4ccc(CCCN5CCCC5)cc4)cnc23)c2ccccc12. The van der Waals surface area contributed by atoms with Crippen LogP contribution in [0.4, 0.5) is 0 Å². The number of benzene rings is 3. The molecular formula is C31H32N4S. The second kappa shape index (κ2) is 10.5. The van der Waals surface area contributed by atoms with E-state index in [0.717, 1.165) is 28.9 Å². The summed E-state index contributed by atoms with van der Waals surface area (Å²) in [7, 11) is 0. The molecule has 5 aromatic rings. The van der Waals surface area contributed by atoms with Crippen LogP contribution in [0.2, 0.25) is 0 Å². The monoisotopic (exact) mass is 492 g/mol. The van der Waals surface area contributed by atoms with Gasteiger partial charge in [-0.25, -0.2) is 9.50 Å². The molecule has 1 aliphatic rings. The van der Waals surface area contributed by atoms with Crippen molar-refractivity contribution in [3.63, 3.8) is 0 Å². The highest BCUT2D eigenvalue weighted by Crippen LogP contribution is 2.36. The van der Waals surface area contributed by atoms with Crippen LogP contribution in [0.5, 0.6) is 0 Å². The Labute approximate surface area is 217 Å². The summed E-state index contributed by atoms with van der Waals surface area (Å²) in [6.07, 6.45) is 11.1. The highest BCUT2D eigenvalue weighted by Gasteiger charge is 2.14. The Morgan fingerprint density at radius 1 is 0.833 bits per heavy atom. The molecule has 1 aliphatic heterocycles. The van der Waals surface area contributed by atoms with Crippen molar-refractivity contribution >= 4 is 28.2 Å². The molecule has 36 heavy (non-hydrogen) atoms. The lowest BCUT2D eigenvalue weighted by molar-refractivity contribution is 0.334. The molecule has 1 fully saturated rings. The van der Waals surface area contributed by atoms with Gasteiger partial charge in [0.2, 0.25) is 0 Å². The van der Waals surface area contributed by atoms with Crippen molar-refractivity contribution in [2.45, 2.75) is 37.5 Å². The van der Waals surface area contributed by atoms with Gasteiger partial charge in [-0.3, -0.25) is 0 Å². The fourth-order valence-corrected chi connectivity index (χ4v) is 6.19. The van der Waals surface area contributed by atoms with Crippen molar-refractivity contribution in [2.75, 3.05) is 25.4 Å². The van der Waals surface area contributed by atoms with E-state index in [-0.39, 0.29) is 0 Å². The highest BCUT2D eigenvalue weighted by molar-refractivity contribution is 7.99. The smallest absolute Gasteiger partial charge is 0.162 e. The molecule has 3 aromatic carbocycles. The van der Waals surface area contributed by atoms with Crippen LogP contribution < -0.4 is 0 Å². The summed E-state index contributed by atoms with van der Waals surface area (Å²) < 4.78 is 1.91. The second-order valence-electron chi connectivity index (χ2n) is 9.61.